The molecule has 9 heteroatoms. The van der Waals surface area contributed by atoms with Gasteiger partial charge in [0.25, 0.3) is 5.91 Å². The Bertz CT molecular complexity index is 1070. The lowest BCUT2D eigenvalue weighted by Gasteiger charge is -2.24. The predicted molar refractivity (Wildman–Crippen MR) is 110 cm³/mol. The van der Waals surface area contributed by atoms with E-state index in [2.05, 4.69) is 15.6 Å². The molecule has 162 valence electrons. The van der Waals surface area contributed by atoms with Crippen molar-refractivity contribution >= 4 is 5.91 Å². The Kier molecular flexibility index (Phi) is 6.13. The van der Waals surface area contributed by atoms with E-state index in [1.165, 1.54) is 12.1 Å². The number of hydrogen-bond donors (Lipinski definition) is 1. The van der Waals surface area contributed by atoms with Crippen LogP contribution in [0.15, 0.2) is 42.5 Å². The second-order valence-electron chi connectivity index (χ2n) is 7.11. The quantitative estimate of drug-likeness (QED) is 0.625. The average molecular weight is 426 g/mol. The first-order valence-electron chi connectivity index (χ1n) is 9.87. The molecular formula is C22H23FN4O4. The van der Waals surface area contributed by atoms with Crippen molar-refractivity contribution in [1.29, 1.82) is 0 Å². The SMILES string of the molecule is COc1ccc(CCNC(=O)c2nnn3c2COC(c2ccc(F)cc2)C3)cc1OC. The molecule has 1 N–H and O–H groups in total. The minimum atomic E-state index is -0.300. The molecule has 0 saturated carbocycles. The molecule has 1 amide bonds. The molecule has 3 aromatic rings. The van der Waals surface area contributed by atoms with Crippen LogP contribution in [-0.4, -0.2) is 41.7 Å². The molecule has 0 radical (unpaired) electrons. The summed E-state index contributed by atoms with van der Waals surface area (Å²) in [5.74, 6) is 0.704. The molecule has 31 heavy (non-hydrogen) atoms. The van der Waals surface area contributed by atoms with Gasteiger partial charge in [-0.1, -0.05) is 23.4 Å². The predicted octanol–water partition coefficient (Wildman–Crippen LogP) is 2.68. The fraction of sp³-hybridized carbons (Fsp3) is 0.318. The van der Waals surface area contributed by atoms with E-state index in [1.807, 2.05) is 18.2 Å². The second kappa shape index (κ2) is 9.13. The van der Waals surface area contributed by atoms with E-state index < -0.39 is 0 Å². The molecule has 1 unspecified atom stereocenters. The van der Waals surface area contributed by atoms with E-state index >= 15 is 0 Å². The molecule has 0 bridgehead atoms. The number of aromatic nitrogens is 3. The number of amides is 1. The summed E-state index contributed by atoms with van der Waals surface area (Å²) in [6.45, 7) is 1.04. The fourth-order valence-corrected chi connectivity index (χ4v) is 3.51. The van der Waals surface area contributed by atoms with Crippen LogP contribution in [0.3, 0.4) is 0 Å². The molecular weight excluding hydrogens is 403 g/mol. The summed E-state index contributed by atoms with van der Waals surface area (Å²) in [7, 11) is 3.17. The third-order valence-electron chi connectivity index (χ3n) is 5.20. The van der Waals surface area contributed by atoms with Crippen molar-refractivity contribution in [2.75, 3.05) is 20.8 Å². The van der Waals surface area contributed by atoms with Crippen LogP contribution in [0, 0.1) is 5.82 Å². The summed E-state index contributed by atoms with van der Waals surface area (Å²) >= 11 is 0. The van der Waals surface area contributed by atoms with Crippen LogP contribution in [0.1, 0.15) is 33.4 Å². The molecule has 0 fully saturated rings. The molecule has 1 aliphatic heterocycles. The largest absolute Gasteiger partial charge is 0.493 e. The van der Waals surface area contributed by atoms with Crippen LogP contribution in [0.2, 0.25) is 0 Å². The van der Waals surface area contributed by atoms with Crippen molar-refractivity contribution in [3.8, 4) is 11.5 Å². The van der Waals surface area contributed by atoms with Crippen molar-refractivity contribution in [2.45, 2.75) is 25.7 Å². The molecule has 0 spiro atoms. The van der Waals surface area contributed by atoms with E-state index in [-0.39, 0.29) is 30.1 Å². The first-order valence-corrected chi connectivity index (χ1v) is 9.87. The van der Waals surface area contributed by atoms with Crippen LogP contribution in [-0.2, 0) is 24.3 Å². The molecule has 1 aliphatic rings. The Hall–Kier alpha value is -3.46. The molecule has 1 aromatic heterocycles. The highest BCUT2D eigenvalue weighted by Crippen LogP contribution is 2.28. The maximum Gasteiger partial charge on any atom is 0.273 e. The number of halogens is 1. The zero-order valence-corrected chi connectivity index (χ0v) is 17.3. The van der Waals surface area contributed by atoms with Crippen molar-refractivity contribution in [2.24, 2.45) is 0 Å². The smallest absolute Gasteiger partial charge is 0.273 e. The molecule has 2 aromatic carbocycles. The fourth-order valence-electron chi connectivity index (χ4n) is 3.51. The summed E-state index contributed by atoms with van der Waals surface area (Å²) in [6.07, 6.45) is 0.356. The molecule has 8 nitrogen and oxygen atoms in total. The zero-order valence-electron chi connectivity index (χ0n) is 17.3. The molecule has 1 atom stereocenters. The van der Waals surface area contributed by atoms with E-state index in [9.17, 15) is 9.18 Å². The number of benzene rings is 2. The van der Waals surface area contributed by atoms with Gasteiger partial charge in [0, 0.05) is 6.54 Å². The normalized spacial score (nSPS) is 15.3. The van der Waals surface area contributed by atoms with E-state index in [0.717, 1.165) is 11.1 Å². The molecule has 0 saturated heterocycles. The van der Waals surface area contributed by atoms with Gasteiger partial charge < -0.3 is 19.5 Å². The summed E-state index contributed by atoms with van der Waals surface area (Å²) in [5.41, 5.74) is 2.74. The summed E-state index contributed by atoms with van der Waals surface area (Å²) in [5, 5.41) is 11.0. The first-order chi connectivity index (χ1) is 15.1. The lowest BCUT2D eigenvalue weighted by Crippen LogP contribution is -2.29. The second-order valence-corrected chi connectivity index (χ2v) is 7.11. The van der Waals surface area contributed by atoms with Gasteiger partial charge in [0.05, 0.1) is 33.1 Å². The number of rotatable bonds is 7. The third kappa shape index (κ3) is 4.51. The van der Waals surface area contributed by atoms with E-state index in [1.54, 1.807) is 31.0 Å². The molecule has 4 rings (SSSR count). The van der Waals surface area contributed by atoms with Crippen molar-refractivity contribution in [3.05, 3.63) is 70.8 Å². The maximum absolute atomic E-state index is 13.1. The molecule has 2 heterocycles. The number of nitrogens with zero attached hydrogens (tertiary/aromatic N) is 3. The minimum absolute atomic E-state index is 0.202. The standard InChI is InChI=1S/C22H23FN4O4/c1-29-18-8-3-14(11-19(18)30-2)9-10-24-22(28)21-17-13-31-20(12-27(17)26-25-21)15-4-6-16(23)7-5-15/h3-8,11,20H,9-10,12-13H2,1-2H3,(H,24,28). The highest BCUT2D eigenvalue weighted by atomic mass is 19.1. The van der Waals surface area contributed by atoms with Crippen molar-refractivity contribution < 1.29 is 23.4 Å². The van der Waals surface area contributed by atoms with Crippen LogP contribution < -0.4 is 14.8 Å². The highest BCUT2D eigenvalue weighted by molar-refractivity contribution is 5.93. The zero-order chi connectivity index (χ0) is 21.8. The Morgan fingerprint density at radius 1 is 1.19 bits per heavy atom. The van der Waals surface area contributed by atoms with Gasteiger partial charge in [-0.3, -0.25) is 4.79 Å². The number of ether oxygens (including phenoxy) is 3. The Labute approximate surface area is 178 Å². The summed E-state index contributed by atoms with van der Waals surface area (Å²) in [4.78, 5) is 12.6. The van der Waals surface area contributed by atoms with Gasteiger partial charge >= 0.3 is 0 Å². The Morgan fingerprint density at radius 2 is 1.97 bits per heavy atom. The lowest BCUT2D eigenvalue weighted by molar-refractivity contribution is -0.00180. The lowest BCUT2D eigenvalue weighted by atomic mass is 10.1. The minimum Gasteiger partial charge on any atom is -0.493 e. The molecule has 0 aliphatic carbocycles. The topological polar surface area (TPSA) is 87.5 Å². The van der Waals surface area contributed by atoms with Crippen LogP contribution in [0.4, 0.5) is 4.39 Å². The number of fused-ring (bicyclic) bond motifs is 1. The van der Waals surface area contributed by atoms with E-state index in [4.69, 9.17) is 14.2 Å². The van der Waals surface area contributed by atoms with Crippen molar-refractivity contribution in [3.63, 3.8) is 0 Å². The monoisotopic (exact) mass is 426 g/mol. The van der Waals surface area contributed by atoms with Gasteiger partial charge in [0.15, 0.2) is 17.2 Å². The average Bonchev–Trinajstić information content (AvgIpc) is 3.22. The maximum atomic E-state index is 13.1. The van der Waals surface area contributed by atoms with Crippen LogP contribution in [0.5, 0.6) is 11.5 Å². The number of carbonyl (C=O) groups excluding carboxylic acids is 1. The first kappa shape index (κ1) is 20.8. The number of hydrogen-bond acceptors (Lipinski definition) is 6. The van der Waals surface area contributed by atoms with Crippen LogP contribution >= 0.6 is 0 Å². The van der Waals surface area contributed by atoms with Gasteiger partial charge in [0.2, 0.25) is 0 Å². The van der Waals surface area contributed by atoms with Crippen LogP contribution in [0.25, 0.3) is 0 Å². The summed E-state index contributed by atoms with van der Waals surface area (Å²) < 4.78 is 31.2. The van der Waals surface area contributed by atoms with Gasteiger partial charge in [-0.15, -0.1) is 5.10 Å². The van der Waals surface area contributed by atoms with Gasteiger partial charge in [-0.05, 0) is 41.8 Å². The summed E-state index contributed by atoms with van der Waals surface area (Å²) in [6, 6.07) is 11.8. The Morgan fingerprint density at radius 3 is 2.71 bits per heavy atom. The number of methoxy groups -OCH3 is 2. The third-order valence-corrected chi connectivity index (χ3v) is 5.20. The highest BCUT2D eigenvalue weighted by Gasteiger charge is 2.27. The number of carbonyl (C=O) groups is 1. The van der Waals surface area contributed by atoms with Gasteiger partial charge in [-0.25, -0.2) is 9.07 Å². The Balaban J connectivity index is 1.36. The van der Waals surface area contributed by atoms with Crippen molar-refractivity contribution in [1.82, 2.24) is 20.3 Å². The van der Waals surface area contributed by atoms with Gasteiger partial charge in [-0.2, -0.15) is 0 Å². The number of nitrogens with one attached hydrogen (secondary N) is 1. The van der Waals surface area contributed by atoms with E-state index in [0.29, 0.717) is 36.7 Å². The van der Waals surface area contributed by atoms with Gasteiger partial charge in [0.1, 0.15) is 11.9 Å².